The van der Waals surface area contributed by atoms with E-state index in [2.05, 4.69) is 0 Å². The largest absolute Gasteiger partial charge is 0.512 e. The van der Waals surface area contributed by atoms with Crippen LogP contribution in [0.5, 0.6) is 0 Å². The number of carbonyl (C=O) groups is 2. The van der Waals surface area contributed by atoms with Gasteiger partial charge in [-0.25, -0.2) is 0 Å². The van der Waals surface area contributed by atoms with Crippen molar-refractivity contribution in [1.29, 1.82) is 0 Å². The molecule has 0 aliphatic rings. The number of hydrogen-bond donors (Lipinski definition) is 1. The van der Waals surface area contributed by atoms with Crippen LogP contribution in [0.2, 0.25) is 5.02 Å². The van der Waals surface area contributed by atoms with E-state index in [-0.39, 0.29) is 22.9 Å². The third-order valence-corrected chi connectivity index (χ3v) is 5.39. The Bertz CT molecular complexity index is 1160. The summed E-state index contributed by atoms with van der Waals surface area (Å²) in [6.45, 7) is 8.18. The Morgan fingerprint density at radius 3 is 1.90 bits per heavy atom. The molecule has 4 nitrogen and oxygen atoms in total. The average Bonchev–Trinajstić information content (AvgIpc) is 2.95. The number of aromatic nitrogens is 1. The van der Waals surface area contributed by atoms with E-state index in [0.717, 1.165) is 16.8 Å². The van der Waals surface area contributed by atoms with E-state index >= 15 is 0 Å². The Morgan fingerprint density at radius 1 is 0.867 bits per heavy atom. The summed E-state index contributed by atoms with van der Waals surface area (Å²) >= 11 is 6.10. The number of ketones is 2. The third-order valence-electron chi connectivity index (χ3n) is 5.13. The maximum Gasteiger partial charge on any atom is 0.163 e. The first kappa shape index (κ1) is 21.6. The van der Waals surface area contributed by atoms with Crippen LogP contribution in [0.15, 0.2) is 54.3 Å². The normalized spacial score (nSPS) is 11.9. The Kier molecular flexibility index (Phi) is 5.99. The summed E-state index contributed by atoms with van der Waals surface area (Å²) in [7, 11) is 0. The molecular weight excluding hydrogens is 398 g/mol. The number of allylic oxidation sites excluding steroid dienone is 2. The smallest absolute Gasteiger partial charge is 0.163 e. The minimum Gasteiger partial charge on any atom is -0.512 e. The van der Waals surface area contributed by atoms with Crippen LogP contribution in [0.1, 0.15) is 48.0 Å². The van der Waals surface area contributed by atoms with Gasteiger partial charge in [0, 0.05) is 27.5 Å². The molecule has 0 atom stereocenters. The number of nitrogens with zero attached hydrogens (tertiary/aromatic N) is 1. The molecule has 0 spiro atoms. The molecule has 3 rings (SSSR count). The van der Waals surface area contributed by atoms with E-state index in [1.165, 1.54) is 20.8 Å². The molecule has 2 aromatic carbocycles. The highest BCUT2D eigenvalue weighted by molar-refractivity contribution is 6.30. The Labute approximate surface area is 181 Å². The SMILES string of the molecule is CC(=O)C(=C(C)O)c1c(C(C)=O)c(C)n(-c2ccc(C)cc2)c1-c1ccc(Cl)cc1. The monoisotopic (exact) mass is 421 g/mol. The molecule has 0 amide bonds. The topological polar surface area (TPSA) is 59.3 Å². The summed E-state index contributed by atoms with van der Waals surface area (Å²) in [6, 6.07) is 15.1. The van der Waals surface area contributed by atoms with Crippen LogP contribution in [0.25, 0.3) is 22.5 Å². The van der Waals surface area contributed by atoms with Crippen molar-refractivity contribution in [2.45, 2.75) is 34.6 Å². The van der Waals surface area contributed by atoms with Crippen molar-refractivity contribution in [2.24, 2.45) is 0 Å². The number of carbonyl (C=O) groups excluding carboxylic acids is 2. The van der Waals surface area contributed by atoms with Crippen molar-refractivity contribution in [3.05, 3.63) is 81.7 Å². The molecule has 0 aliphatic carbocycles. The van der Waals surface area contributed by atoms with Crippen molar-refractivity contribution in [3.8, 4) is 16.9 Å². The van der Waals surface area contributed by atoms with Gasteiger partial charge in [-0.3, -0.25) is 9.59 Å². The van der Waals surface area contributed by atoms with Gasteiger partial charge in [0.2, 0.25) is 0 Å². The van der Waals surface area contributed by atoms with Gasteiger partial charge in [0.25, 0.3) is 0 Å². The minimum absolute atomic E-state index is 0.124. The molecule has 1 N–H and O–H groups in total. The third kappa shape index (κ3) is 3.83. The average molecular weight is 422 g/mol. The lowest BCUT2D eigenvalue weighted by Crippen LogP contribution is -2.06. The Morgan fingerprint density at radius 2 is 1.43 bits per heavy atom. The van der Waals surface area contributed by atoms with Gasteiger partial charge < -0.3 is 9.67 Å². The Hall–Kier alpha value is -3.11. The summed E-state index contributed by atoms with van der Waals surface area (Å²) < 4.78 is 1.96. The zero-order valence-electron chi connectivity index (χ0n) is 17.7. The van der Waals surface area contributed by atoms with E-state index < -0.39 is 0 Å². The maximum atomic E-state index is 12.7. The van der Waals surface area contributed by atoms with E-state index in [1.807, 2.05) is 54.8 Å². The first-order valence-corrected chi connectivity index (χ1v) is 10.0. The highest BCUT2D eigenvalue weighted by Gasteiger charge is 2.30. The Balaban J connectivity index is 2.55. The van der Waals surface area contributed by atoms with Crippen LogP contribution < -0.4 is 0 Å². The number of halogens is 1. The van der Waals surface area contributed by atoms with Crippen LogP contribution in [-0.2, 0) is 4.79 Å². The molecule has 3 aromatic rings. The van der Waals surface area contributed by atoms with Gasteiger partial charge in [-0.05, 0) is 64.4 Å². The number of aliphatic hydroxyl groups excluding tert-OH is 1. The van der Waals surface area contributed by atoms with E-state index in [4.69, 9.17) is 11.6 Å². The fraction of sp³-hybridized carbons (Fsp3) is 0.200. The second kappa shape index (κ2) is 8.33. The quantitative estimate of drug-likeness (QED) is 0.291. The van der Waals surface area contributed by atoms with Gasteiger partial charge in [-0.1, -0.05) is 41.4 Å². The number of aryl methyl sites for hydroxylation is 1. The summed E-state index contributed by atoms with van der Waals surface area (Å²) in [4.78, 5) is 25.3. The molecule has 154 valence electrons. The number of hydrogen-bond acceptors (Lipinski definition) is 3. The molecule has 30 heavy (non-hydrogen) atoms. The molecule has 0 unspecified atom stereocenters. The molecular formula is C25H24ClNO3. The van der Waals surface area contributed by atoms with Gasteiger partial charge in [0.1, 0.15) is 5.76 Å². The predicted octanol–water partition coefficient (Wildman–Crippen LogP) is 6.50. The highest BCUT2D eigenvalue weighted by Crippen LogP contribution is 2.40. The first-order chi connectivity index (χ1) is 14.1. The van der Waals surface area contributed by atoms with Gasteiger partial charge >= 0.3 is 0 Å². The summed E-state index contributed by atoms with van der Waals surface area (Å²) in [5.41, 5.74) is 5.11. The maximum absolute atomic E-state index is 12.7. The van der Waals surface area contributed by atoms with Crippen molar-refractivity contribution >= 4 is 28.7 Å². The standard InChI is InChI=1S/C25H24ClNO3/c1-14-6-12-21(13-7-14)27-15(2)22(16(3)28)24(23(17(4)29)18(5)30)25(27)19-8-10-20(26)11-9-19/h6-13,29H,1-5H3. The summed E-state index contributed by atoms with van der Waals surface area (Å²) in [5.74, 6) is -0.612. The molecule has 0 radical (unpaired) electrons. The van der Waals surface area contributed by atoms with Gasteiger partial charge in [-0.15, -0.1) is 0 Å². The van der Waals surface area contributed by atoms with Crippen molar-refractivity contribution in [3.63, 3.8) is 0 Å². The van der Waals surface area contributed by atoms with Crippen molar-refractivity contribution in [2.75, 3.05) is 0 Å². The molecule has 5 heteroatoms. The number of aliphatic hydroxyl groups is 1. The molecule has 1 aromatic heterocycles. The van der Waals surface area contributed by atoms with E-state index in [1.54, 1.807) is 12.1 Å². The molecule has 0 saturated carbocycles. The first-order valence-electron chi connectivity index (χ1n) is 9.63. The highest BCUT2D eigenvalue weighted by atomic mass is 35.5. The second-order valence-corrected chi connectivity index (χ2v) is 7.87. The summed E-state index contributed by atoms with van der Waals surface area (Å²) in [6.07, 6.45) is 0. The number of Topliss-reactive ketones (excluding diaryl/α,β-unsaturated/α-hetero) is 2. The van der Waals surface area contributed by atoms with E-state index in [0.29, 0.717) is 27.5 Å². The molecule has 0 saturated heterocycles. The van der Waals surface area contributed by atoms with Crippen molar-refractivity contribution < 1.29 is 14.7 Å². The van der Waals surface area contributed by atoms with Crippen LogP contribution in [0.3, 0.4) is 0 Å². The fourth-order valence-corrected chi connectivity index (χ4v) is 4.00. The lowest BCUT2D eigenvalue weighted by molar-refractivity contribution is -0.111. The fourth-order valence-electron chi connectivity index (χ4n) is 3.87. The minimum atomic E-state index is -0.311. The van der Waals surface area contributed by atoms with E-state index in [9.17, 15) is 14.7 Å². The lowest BCUT2D eigenvalue weighted by atomic mass is 9.92. The van der Waals surface area contributed by atoms with Crippen LogP contribution >= 0.6 is 11.6 Å². The van der Waals surface area contributed by atoms with Crippen molar-refractivity contribution in [1.82, 2.24) is 4.57 Å². The van der Waals surface area contributed by atoms with Gasteiger partial charge in [0.15, 0.2) is 11.6 Å². The van der Waals surface area contributed by atoms with Crippen LogP contribution in [-0.4, -0.2) is 21.2 Å². The number of rotatable bonds is 5. The second-order valence-electron chi connectivity index (χ2n) is 7.43. The molecule has 0 bridgehead atoms. The summed E-state index contributed by atoms with van der Waals surface area (Å²) in [5, 5.41) is 11.0. The zero-order chi connectivity index (χ0) is 22.2. The number of benzene rings is 2. The molecule has 0 aliphatic heterocycles. The molecule has 0 fully saturated rings. The lowest BCUT2D eigenvalue weighted by Gasteiger charge is -2.15. The predicted molar refractivity (Wildman–Crippen MR) is 122 cm³/mol. The van der Waals surface area contributed by atoms with Gasteiger partial charge in [0.05, 0.1) is 11.3 Å². The molecule has 1 heterocycles. The van der Waals surface area contributed by atoms with Crippen LogP contribution in [0, 0.1) is 13.8 Å². The van der Waals surface area contributed by atoms with Gasteiger partial charge in [-0.2, -0.15) is 0 Å². The van der Waals surface area contributed by atoms with Crippen LogP contribution in [0.4, 0.5) is 0 Å². The zero-order valence-corrected chi connectivity index (χ0v) is 18.5.